The molecule has 0 bridgehead atoms. The first-order valence-electron chi connectivity index (χ1n) is 7.62. The second kappa shape index (κ2) is 37.2. The predicted octanol–water partition coefficient (Wildman–Crippen LogP) is 5.13. The molecule has 1 saturated heterocycles. The van der Waals surface area contributed by atoms with Gasteiger partial charge in [0.1, 0.15) is 33.8 Å². The molecular weight excluding hydrogens is 360 g/mol. The molecule has 7 nitrogen and oxygen atoms in total. The molecule has 0 spiro atoms. The lowest BCUT2D eigenvalue weighted by molar-refractivity contribution is -0.142. The third kappa shape index (κ3) is 30.2. The summed E-state index contributed by atoms with van der Waals surface area (Å²) in [7, 11) is 1.97. The van der Waals surface area contributed by atoms with Crippen molar-refractivity contribution in [1.82, 2.24) is 9.80 Å². The lowest BCUT2D eigenvalue weighted by Gasteiger charge is -2.23. The molecule has 1 fully saturated rings. The number of rotatable bonds is 4. The molecule has 0 atom stereocenters. The Balaban J connectivity index is -0.000000107. The van der Waals surface area contributed by atoms with Crippen molar-refractivity contribution in [2.75, 3.05) is 73.7 Å². The fourth-order valence-corrected chi connectivity index (χ4v) is 1.58. The second-order valence-corrected chi connectivity index (χ2v) is 4.73. The van der Waals surface area contributed by atoms with Crippen LogP contribution in [0, 0.1) is 0 Å². The summed E-state index contributed by atoms with van der Waals surface area (Å²) in [5.41, 5.74) is 0. The van der Waals surface area contributed by atoms with Gasteiger partial charge in [0.05, 0.1) is 13.2 Å². The molecule has 0 aromatic heterocycles. The molecule has 0 saturated carbocycles. The van der Waals surface area contributed by atoms with Crippen LogP contribution in [0.2, 0.25) is 0 Å². The van der Waals surface area contributed by atoms with Crippen molar-refractivity contribution in [3.8, 4) is 0 Å². The van der Waals surface area contributed by atoms with Crippen LogP contribution in [-0.2, 0) is 23.7 Å². The lowest BCUT2D eigenvalue weighted by atomic mass is 10.5. The zero-order chi connectivity index (χ0) is 16.5. The zero-order valence-electron chi connectivity index (χ0n) is 14.1. The average molecular weight is 417 g/mol. The first-order chi connectivity index (χ1) is 10.8. The van der Waals surface area contributed by atoms with E-state index in [0.29, 0.717) is 40.2 Å². The van der Waals surface area contributed by atoms with Crippen LogP contribution in [0.1, 0.15) is 57.9 Å². The number of likely N-dealkylation sites (N-methyl/N-ethyl adjacent to an activating group) is 1. The van der Waals surface area contributed by atoms with E-state index >= 15 is 0 Å². The fourth-order valence-electron chi connectivity index (χ4n) is 1.58. The zero-order valence-corrected chi connectivity index (χ0v) is 14.1. The number of hydrogen-bond donors (Lipinski definition) is 0. The highest BCUT2D eigenvalue weighted by Crippen LogP contribution is 1.95. The van der Waals surface area contributed by atoms with Gasteiger partial charge in [-0.05, 0) is 13.5 Å². The van der Waals surface area contributed by atoms with E-state index < -0.39 is 0 Å². The Morgan fingerprint density at radius 2 is 1.29 bits per heavy atom. The smallest absolute Gasteiger partial charge is 0.150 e. The average Bonchev–Trinajstić information content (AvgIpc) is 2.54. The minimum Gasteiger partial charge on any atom is -0.366 e. The quantitative estimate of drug-likeness (QED) is 0.465. The van der Waals surface area contributed by atoms with E-state index in [1.807, 2.05) is 16.8 Å². The molecular formula is C21H56N2O5. The number of hydrogen-bond acceptors (Lipinski definition) is 7. The van der Waals surface area contributed by atoms with E-state index in [1.54, 1.807) is 0 Å². The SMILES string of the molecule is C.C.C.C.C.C.C=C.CCCOCN1CCOCOCCN(C)COCOC1. The standard InChI is InChI=1S/C13H28N2O5.C2H4.6CH4/c1-3-6-16-10-15-5-8-18-12-17-7-4-14(2)9-19-13-20-11-15;1-2;;;;;;/h3-13H2,1-2H3;1-2H2;6*1H4. The van der Waals surface area contributed by atoms with Gasteiger partial charge in [-0.3, -0.25) is 9.80 Å². The normalized spacial score (nSPS) is 16.2. The molecule has 1 aliphatic rings. The molecule has 0 aromatic carbocycles. The van der Waals surface area contributed by atoms with Crippen molar-refractivity contribution in [2.24, 2.45) is 0 Å². The predicted molar refractivity (Wildman–Crippen MR) is 126 cm³/mol. The number of nitrogens with zero attached hydrogens (tertiary/aromatic N) is 2. The molecule has 0 aliphatic carbocycles. The maximum Gasteiger partial charge on any atom is 0.150 e. The maximum absolute atomic E-state index is 5.52. The minimum atomic E-state index is 0. The minimum absolute atomic E-state index is 0. The fraction of sp³-hybridized carbons (Fsp3) is 0.905. The van der Waals surface area contributed by atoms with Gasteiger partial charge in [-0.15, -0.1) is 13.2 Å². The molecule has 0 aromatic rings. The largest absolute Gasteiger partial charge is 0.366 e. The van der Waals surface area contributed by atoms with Gasteiger partial charge in [-0.2, -0.15) is 0 Å². The first-order valence-corrected chi connectivity index (χ1v) is 7.62. The van der Waals surface area contributed by atoms with E-state index in [9.17, 15) is 0 Å². The first kappa shape index (κ1) is 45.9. The van der Waals surface area contributed by atoms with Crippen LogP contribution >= 0.6 is 0 Å². The van der Waals surface area contributed by atoms with E-state index in [-0.39, 0.29) is 51.4 Å². The highest BCUT2D eigenvalue weighted by molar-refractivity contribution is 4.47. The van der Waals surface area contributed by atoms with E-state index in [0.717, 1.165) is 26.1 Å². The van der Waals surface area contributed by atoms with Gasteiger partial charge in [-0.25, -0.2) is 0 Å². The van der Waals surface area contributed by atoms with Crippen molar-refractivity contribution < 1.29 is 23.7 Å². The van der Waals surface area contributed by atoms with E-state index in [2.05, 4.69) is 20.1 Å². The Bertz CT molecular complexity index is 237. The van der Waals surface area contributed by atoms with Crippen molar-refractivity contribution in [3.63, 3.8) is 0 Å². The Morgan fingerprint density at radius 1 is 0.786 bits per heavy atom. The van der Waals surface area contributed by atoms with Gasteiger partial charge in [0.25, 0.3) is 0 Å². The summed E-state index contributed by atoms with van der Waals surface area (Å²) in [6.45, 7) is 13.7. The summed E-state index contributed by atoms with van der Waals surface area (Å²) >= 11 is 0. The molecule has 1 heterocycles. The highest BCUT2D eigenvalue weighted by atomic mass is 16.7. The molecule has 180 valence electrons. The summed E-state index contributed by atoms with van der Waals surface area (Å²) in [5, 5.41) is 0. The maximum atomic E-state index is 5.52. The van der Waals surface area contributed by atoms with Gasteiger partial charge in [-0.1, -0.05) is 51.5 Å². The van der Waals surface area contributed by atoms with E-state index in [1.165, 1.54) is 0 Å². The molecule has 0 radical (unpaired) electrons. The summed E-state index contributed by atoms with van der Waals surface area (Å²) in [6.07, 6.45) is 1.01. The Labute approximate surface area is 178 Å². The van der Waals surface area contributed by atoms with Crippen molar-refractivity contribution in [3.05, 3.63) is 13.2 Å². The third-order valence-corrected chi connectivity index (χ3v) is 2.71. The van der Waals surface area contributed by atoms with Crippen LogP contribution in [0.15, 0.2) is 13.2 Å². The Morgan fingerprint density at radius 3 is 1.86 bits per heavy atom. The van der Waals surface area contributed by atoms with Crippen LogP contribution in [-0.4, -0.2) is 83.5 Å². The molecule has 1 rings (SSSR count). The van der Waals surface area contributed by atoms with Crippen molar-refractivity contribution >= 4 is 0 Å². The molecule has 0 amide bonds. The van der Waals surface area contributed by atoms with Crippen molar-refractivity contribution in [2.45, 2.75) is 57.9 Å². The Kier molecular flexibility index (Phi) is 61.1. The highest BCUT2D eigenvalue weighted by Gasteiger charge is 2.06. The molecule has 28 heavy (non-hydrogen) atoms. The van der Waals surface area contributed by atoms with Gasteiger partial charge < -0.3 is 23.7 Å². The van der Waals surface area contributed by atoms with Crippen LogP contribution in [0.5, 0.6) is 0 Å². The molecule has 0 unspecified atom stereocenters. The summed E-state index contributed by atoms with van der Waals surface area (Å²) < 4.78 is 27.2. The van der Waals surface area contributed by atoms with Crippen LogP contribution in [0.3, 0.4) is 0 Å². The van der Waals surface area contributed by atoms with Gasteiger partial charge >= 0.3 is 0 Å². The van der Waals surface area contributed by atoms with Crippen LogP contribution in [0.4, 0.5) is 0 Å². The van der Waals surface area contributed by atoms with Crippen molar-refractivity contribution in [1.29, 1.82) is 0 Å². The third-order valence-electron chi connectivity index (χ3n) is 2.71. The molecule has 7 heteroatoms. The van der Waals surface area contributed by atoms with E-state index in [4.69, 9.17) is 23.7 Å². The lowest BCUT2D eigenvalue weighted by Crippen LogP contribution is -2.34. The summed E-state index contributed by atoms with van der Waals surface area (Å²) in [5.74, 6) is 0. The molecule has 1 aliphatic heterocycles. The number of ether oxygens (including phenoxy) is 5. The van der Waals surface area contributed by atoms with Gasteiger partial charge in [0.15, 0.2) is 0 Å². The van der Waals surface area contributed by atoms with Gasteiger partial charge in [0, 0.05) is 19.7 Å². The monoisotopic (exact) mass is 416 g/mol. The summed E-state index contributed by atoms with van der Waals surface area (Å²) in [4.78, 5) is 4.06. The summed E-state index contributed by atoms with van der Waals surface area (Å²) in [6, 6.07) is 0. The van der Waals surface area contributed by atoms with Gasteiger partial charge in [0.2, 0.25) is 0 Å². The molecule has 0 N–H and O–H groups in total. The van der Waals surface area contributed by atoms with Crippen LogP contribution in [0.25, 0.3) is 0 Å². The van der Waals surface area contributed by atoms with Crippen LogP contribution < -0.4 is 0 Å². The Hall–Kier alpha value is -0.540. The topological polar surface area (TPSA) is 52.6 Å². The second-order valence-electron chi connectivity index (χ2n) is 4.73.